The van der Waals surface area contributed by atoms with Crippen LogP contribution < -0.4 is 20.5 Å². The highest BCUT2D eigenvalue weighted by molar-refractivity contribution is 7.99. The van der Waals surface area contributed by atoms with Gasteiger partial charge >= 0.3 is 0 Å². The van der Waals surface area contributed by atoms with Crippen LogP contribution in [-0.4, -0.2) is 41.6 Å². The molecule has 0 bridgehead atoms. The molecule has 0 fully saturated rings. The molecule has 2 aromatic heterocycles. The van der Waals surface area contributed by atoms with Gasteiger partial charge in [0.15, 0.2) is 16.7 Å². The minimum atomic E-state index is -0.320. The van der Waals surface area contributed by atoms with E-state index in [4.69, 9.17) is 9.47 Å². The van der Waals surface area contributed by atoms with E-state index in [-0.39, 0.29) is 17.2 Å². The van der Waals surface area contributed by atoms with E-state index in [2.05, 4.69) is 46.5 Å². The Morgan fingerprint density at radius 1 is 1.22 bits per heavy atom. The standard InChI is InChI=1S/C27H28N4O4S2/c1-5-35-21-11-6-17(12-22(21)34-4)13-28-31-23(32)15-37-27-29-25(33)24-20(14-36-26(24)30-27)19-9-7-18(8-10-19)16(2)3/h6-14,16H,5,15H2,1-4H3,(H,31,32)(H,29,30,33)/b28-13+. The molecule has 1 amide bonds. The molecule has 0 saturated carbocycles. The second kappa shape index (κ2) is 12.1. The number of hydrogen-bond donors (Lipinski definition) is 2. The van der Waals surface area contributed by atoms with E-state index in [0.717, 1.165) is 28.5 Å². The number of H-pyrrole nitrogens is 1. The van der Waals surface area contributed by atoms with E-state index >= 15 is 0 Å². The largest absolute Gasteiger partial charge is 0.493 e. The van der Waals surface area contributed by atoms with Gasteiger partial charge in [0, 0.05) is 10.9 Å². The molecule has 0 spiro atoms. The van der Waals surface area contributed by atoms with Gasteiger partial charge < -0.3 is 14.5 Å². The fourth-order valence-corrected chi connectivity index (χ4v) is 5.30. The second-order valence-electron chi connectivity index (χ2n) is 8.40. The molecule has 37 heavy (non-hydrogen) atoms. The molecule has 2 heterocycles. The number of thioether (sulfide) groups is 1. The first-order valence-electron chi connectivity index (χ1n) is 11.8. The molecule has 8 nitrogen and oxygen atoms in total. The summed E-state index contributed by atoms with van der Waals surface area (Å²) >= 11 is 2.56. The maximum absolute atomic E-state index is 12.9. The number of nitrogens with zero attached hydrogens (tertiary/aromatic N) is 2. The molecular formula is C27H28N4O4S2. The third-order valence-electron chi connectivity index (χ3n) is 5.54. The first-order chi connectivity index (χ1) is 17.9. The summed E-state index contributed by atoms with van der Waals surface area (Å²) in [6.45, 7) is 6.73. The molecule has 0 aliphatic heterocycles. The lowest BCUT2D eigenvalue weighted by molar-refractivity contribution is -0.118. The van der Waals surface area contributed by atoms with Crippen LogP contribution in [0.4, 0.5) is 0 Å². The third-order valence-corrected chi connectivity index (χ3v) is 7.29. The van der Waals surface area contributed by atoms with Gasteiger partial charge in [-0.25, -0.2) is 10.4 Å². The minimum absolute atomic E-state index is 0.0489. The molecule has 2 aromatic carbocycles. The summed E-state index contributed by atoms with van der Waals surface area (Å²) in [4.78, 5) is 33.1. The normalized spacial score (nSPS) is 11.4. The lowest BCUT2D eigenvalue weighted by Gasteiger charge is -2.09. The van der Waals surface area contributed by atoms with Crippen molar-refractivity contribution in [1.82, 2.24) is 15.4 Å². The zero-order chi connectivity index (χ0) is 26.4. The number of aromatic nitrogens is 2. The number of carbonyl (C=O) groups is 1. The van der Waals surface area contributed by atoms with Gasteiger partial charge in [0.1, 0.15) is 4.83 Å². The van der Waals surface area contributed by atoms with Crippen LogP contribution in [0.1, 0.15) is 37.8 Å². The number of hydrazone groups is 1. The van der Waals surface area contributed by atoms with Crippen LogP contribution in [-0.2, 0) is 4.79 Å². The topological polar surface area (TPSA) is 106 Å². The third kappa shape index (κ3) is 6.39. The van der Waals surface area contributed by atoms with Crippen molar-refractivity contribution >= 4 is 45.4 Å². The number of carbonyl (C=O) groups excluding carboxylic acids is 1. The number of hydrogen-bond acceptors (Lipinski definition) is 8. The number of amides is 1. The summed E-state index contributed by atoms with van der Waals surface area (Å²) in [5.74, 6) is 1.40. The van der Waals surface area contributed by atoms with Crippen LogP contribution >= 0.6 is 23.1 Å². The van der Waals surface area contributed by atoms with Gasteiger partial charge in [-0.05, 0) is 47.7 Å². The number of benzene rings is 2. The van der Waals surface area contributed by atoms with Crippen molar-refractivity contribution in [2.45, 2.75) is 31.8 Å². The molecule has 2 N–H and O–H groups in total. The highest BCUT2D eigenvalue weighted by Crippen LogP contribution is 2.32. The first kappa shape index (κ1) is 26.4. The smallest absolute Gasteiger partial charge is 0.260 e. The predicted octanol–water partition coefficient (Wildman–Crippen LogP) is 5.42. The highest BCUT2D eigenvalue weighted by Gasteiger charge is 2.14. The molecule has 0 saturated heterocycles. The van der Waals surface area contributed by atoms with Crippen molar-refractivity contribution in [2.24, 2.45) is 5.10 Å². The Balaban J connectivity index is 1.39. The molecule has 10 heteroatoms. The van der Waals surface area contributed by atoms with Crippen molar-refractivity contribution < 1.29 is 14.3 Å². The minimum Gasteiger partial charge on any atom is -0.493 e. The number of rotatable bonds is 10. The summed E-state index contributed by atoms with van der Waals surface area (Å²) in [6, 6.07) is 13.6. The van der Waals surface area contributed by atoms with Crippen LogP contribution in [0.25, 0.3) is 21.3 Å². The zero-order valence-corrected chi connectivity index (χ0v) is 22.7. The van der Waals surface area contributed by atoms with Crippen LogP contribution in [0.3, 0.4) is 0 Å². The highest BCUT2D eigenvalue weighted by atomic mass is 32.2. The molecule has 4 rings (SSSR count). The Morgan fingerprint density at radius 2 is 2.00 bits per heavy atom. The Labute approximate surface area is 223 Å². The fraction of sp³-hybridized carbons (Fsp3) is 0.259. The number of thiophene rings is 1. The molecule has 4 aromatic rings. The lowest BCUT2D eigenvalue weighted by atomic mass is 9.99. The van der Waals surface area contributed by atoms with E-state index in [1.165, 1.54) is 23.1 Å². The Hall–Kier alpha value is -3.63. The van der Waals surface area contributed by atoms with Crippen molar-refractivity contribution in [3.05, 3.63) is 69.3 Å². The summed E-state index contributed by atoms with van der Waals surface area (Å²) in [6.07, 6.45) is 1.52. The zero-order valence-electron chi connectivity index (χ0n) is 21.0. The fourth-order valence-electron chi connectivity index (χ4n) is 3.64. The number of methoxy groups -OCH3 is 1. The van der Waals surface area contributed by atoms with E-state index in [9.17, 15) is 9.59 Å². The first-order valence-corrected chi connectivity index (χ1v) is 13.6. The van der Waals surface area contributed by atoms with Gasteiger partial charge in [0.25, 0.3) is 11.5 Å². The van der Waals surface area contributed by atoms with E-state index in [0.29, 0.717) is 39.4 Å². The maximum atomic E-state index is 12.9. The van der Waals surface area contributed by atoms with Crippen molar-refractivity contribution in [2.75, 3.05) is 19.5 Å². The van der Waals surface area contributed by atoms with Crippen LogP contribution in [0.15, 0.2) is 62.9 Å². The van der Waals surface area contributed by atoms with E-state index in [1.54, 1.807) is 19.2 Å². The predicted molar refractivity (Wildman–Crippen MR) is 150 cm³/mol. The van der Waals surface area contributed by atoms with Gasteiger partial charge in [-0.2, -0.15) is 5.10 Å². The average Bonchev–Trinajstić information content (AvgIpc) is 3.33. The number of fused-ring (bicyclic) bond motifs is 1. The SMILES string of the molecule is CCOc1ccc(/C=N/NC(=O)CSc2nc3scc(-c4ccc(C(C)C)cc4)c3c(=O)[nH]2)cc1OC. The number of ether oxygens (including phenoxy) is 2. The molecule has 0 radical (unpaired) electrons. The molecule has 0 atom stereocenters. The van der Waals surface area contributed by atoms with Gasteiger partial charge in [-0.3, -0.25) is 9.59 Å². The van der Waals surface area contributed by atoms with Gasteiger partial charge in [0.05, 0.1) is 31.1 Å². The van der Waals surface area contributed by atoms with Crippen molar-refractivity contribution in [3.8, 4) is 22.6 Å². The van der Waals surface area contributed by atoms with E-state index in [1.807, 2.05) is 30.5 Å². The number of nitrogens with one attached hydrogen (secondary N) is 2. The summed E-state index contributed by atoms with van der Waals surface area (Å²) in [5.41, 5.74) is 6.10. The molecular weight excluding hydrogens is 508 g/mol. The summed E-state index contributed by atoms with van der Waals surface area (Å²) in [5, 5.41) is 6.90. The van der Waals surface area contributed by atoms with Crippen molar-refractivity contribution in [1.29, 1.82) is 0 Å². The van der Waals surface area contributed by atoms with Crippen LogP contribution in [0.5, 0.6) is 11.5 Å². The maximum Gasteiger partial charge on any atom is 0.260 e. The summed E-state index contributed by atoms with van der Waals surface area (Å²) < 4.78 is 10.8. The Bertz CT molecular complexity index is 1480. The summed E-state index contributed by atoms with van der Waals surface area (Å²) in [7, 11) is 1.56. The lowest BCUT2D eigenvalue weighted by Crippen LogP contribution is -2.20. The van der Waals surface area contributed by atoms with E-state index < -0.39 is 0 Å². The molecule has 192 valence electrons. The average molecular weight is 537 g/mol. The van der Waals surface area contributed by atoms with Gasteiger partial charge in [0.2, 0.25) is 0 Å². The van der Waals surface area contributed by atoms with Gasteiger partial charge in [-0.15, -0.1) is 11.3 Å². The van der Waals surface area contributed by atoms with Crippen LogP contribution in [0, 0.1) is 0 Å². The Morgan fingerprint density at radius 3 is 2.70 bits per heavy atom. The number of aromatic amines is 1. The monoisotopic (exact) mass is 536 g/mol. The molecule has 0 aliphatic carbocycles. The molecule has 0 unspecified atom stereocenters. The van der Waals surface area contributed by atoms with Crippen LogP contribution in [0.2, 0.25) is 0 Å². The Kier molecular flexibility index (Phi) is 8.62. The van der Waals surface area contributed by atoms with Gasteiger partial charge in [-0.1, -0.05) is 49.9 Å². The second-order valence-corrected chi connectivity index (χ2v) is 10.2. The quantitative estimate of drug-likeness (QED) is 0.121. The molecule has 0 aliphatic rings. The van der Waals surface area contributed by atoms with Crippen molar-refractivity contribution in [3.63, 3.8) is 0 Å².